The van der Waals surface area contributed by atoms with Gasteiger partial charge in [0.15, 0.2) is 0 Å². The maximum Gasteiger partial charge on any atom is 0.131 e. The maximum absolute atomic E-state index is 6.16. The number of fused-ring (bicyclic) bond motifs is 2. The Morgan fingerprint density at radius 2 is 1.85 bits per heavy atom. The Kier molecular flexibility index (Phi) is 2.28. The Morgan fingerprint density at radius 3 is 2.55 bits per heavy atom. The van der Waals surface area contributed by atoms with Gasteiger partial charge in [-0.25, -0.2) is 0 Å². The molecule has 0 saturated heterocycles. The van der Waals surface area contributed by atoms with Crippen LogP contribution in [0.2, 0.25) is 0 Å². The third-order valence-corrected chi connectivity index (χ3v) is 4.32. The molecular weight excluding hydrogens is 254 g/mol. The molecule has 0 spiro atoms. The first kappa shape index (κ1) is 11.6. The van der Waals surface area contributed by atoms with E-state index in [4.69, 9.17) is 15.2 Å². The van der Waals surface area contributed by atoms with Crippen LogP contribution in [0.4, 0.5) is 5.82 Å². The number of aryl methyl sites for hydroxylation is 1. The van der Waals surface area contributed by atoms with Gasteiger partial charge in [-0.05, 0) is 12.5 Å². The van der Waals surface area contributed by atoms with Gasteiger partial charge in [0.1, 0.15) is 17.3 Å². The highest BCUT2D eigenvalue weighted by Crippen LogP contribution is 2.49. The lowest BCUT2D eigenvalue weighted by molar-refractivity contribution is 0.354. The molecule has 4 rings (SSSR count). The van der Waals surface area contributed by atoms with Crippen molar-refractivity contribution in [3.8, 4) is 22.6 Å². The van der Waals surface area contributed by atoms with Crippen LogP contribution in [0.1, 0.15) is 16.7 Å². The van der Waals surface area contributed by atoms with Crippen LogP contribution in [0, 0.1) is 6.92 Å². The van der Waals surface area contributed by atoms with Crippen molar-refractivity contribution in [3.05, 3.63) is 22.9 Å². The molecule has 1 aromatic heterocycles. The van der Waals surface area contributed by atoms with Crippen molar-refractivity contribution in [2.45, 2.75) is 19.8 Å². The van der Waals surface area contributed by atoms with Gasteiger partial charge in [0.2, 0.25) is 0 Å². The second-order valence-electron chi connectivity index (χ2n) is 5.38. The Bertz CT molecular complexity index is 683. The summed E-state index contributed by atoms with van der Waals surface area (Å²) in [7, 11) is 1.85. The molecule has 2 aliphatic rings. The Hall–Kier alpha value is -2.17. The van der Waals surface area contributed by atoms with Crippen LogP contribution in [0.25, 0.3) is 11.1 Å². The molecule has 0 aliphatic carbocycles. The van der Waals surface area contributed by atoms with Gasteiger partial charge in [-0.2, -0.15) is 5.10 Å². The zero-order valence-electron chi connectivity index (χ0n) is 11.7. The van der Waals surface area contributed by atoms with Gasteiger partial charge >= 0.3 is 0 Å². The normalized spacial score (nSPS) is 15.7. The summed E-state index contributed by atoms with van der Waals surface area (Å²) < 4.78 is 13.4. The molecule has 1 aromatic carbocycles. The van der Waals surface area contributed by atoms with Gasteiger partial charge in [0.25, 0.3) is 0 Å². The van der Waals surface area contributed by atoms with E-state index in [1.807, 2.05) is 13.2 Å². The lowest BCUT2D eigenvalue weighted by Crippen LogP contribution is -2.00. The fraction of sp³-hybridized carbons (Fsp3) is 0.400. The standard InChI is InChI=1S/C15H17N3O2/c1-8-9-3-5-20-14(9)12(10-4-6-19-13(8)10)11-7-17-18(2)15(11)16/h7H,3-6,16H2,1-2H3. The summed E-state index contributed by atoms with van der Waals surface area (Å²) in [5, 5.41) is 4.26. The average Bonchev–Trinajstić information content (AvgIpc) is 3.14. The smallest absolute Gasteiger partial charge is 0.131 e. The Morgan fingerprint density at radius 1 is 1.15 bits per heavy atom. The molecule has 5 heteroatoms. The highest BCUT2D eigenvalue weighted by molar-refractivity contribution is 5.86. The molecule has 0 saturated carbocycles. The molecule has 104 valence electrons. The van der Waals surface area contributed by atoms with Crippen molar-refractivity contribution in [1.82, 2.24) is 9.78 Å². The van der Waals surface area contributed by atoms with E-state index in [-0.39, 0.29) is 0 Å². The molecule has 5 nitrogen and oxygen atoms in total. The topological polar surface area (TPSA) is 62.3 Å². The van der Waals surface area contributed by atoms with Gasteiger partial charge < -0.3 is 15.2 Å². The van der Waals surface area contributed by atoms with Gasteiger partial charge in [-0.15, -0.1) is 0 Å². The molecule has 0 bridgehead atoms. The van der Waals surface area contributed by atoms with Gasteiger partial charge in [0.05, 0.1) is 19.4 Å². The van der Waals surface area contributed by atoms with Crippen LogP contribution in [-0.4, -0.2) is 23.0 Å². The second kappa shape index (κ2) is 3.91. The average molecular weight is 271 g/mol. The van der Waals surface area contributed by atoms with E-state index in [2.05, 4.69) is 12.0 Å². The largest absolute Gasteiger partial charge is 0.493 e. The SMILES string of the molecule is Cc1c2c(c(-c3cnn(C)c3N)c3c1OCC3)OCC2. The highest BCUT2D eigenvalue weighted by atomic mass is 16.5. The lowest BCUT2D eigenvalue weighted by Gasteiger charge is -2.15. The van der Waals surface area contributed by atoms with E-state index < -0.39 is 0 Å². The van der Waals surface area contributed by atoms with Crippen LogP contribution in [0.15, 0.2) is 6.20 Å². The Labute approximate surface area is 117 Å². The first-order valence-corrected chi connectivity index (χ1v) is 6.90. The molecule has 2 N–H and O–H groups in total. The van der Waals surface area contributed by atoms with Gasteiger partial charge in [0, 0.05) is 42.1 Å². The molecule has 0 unspecified atom stereocenters. The van der Waals surface area contributed by atoms with Gasteiger partial charge in [-0.3, -0.25) is 4.68 Å². The van der Waals surface area contributed by atoms with Crippen LogP contribution < -0.4 is 15.2 Å². The molecule has 0 radical (unpaired) electrons. The zero-order valence-corrected chi connectivity index (χ0v) is 11.7. The maximum atomic E-state index is 6.16. The Balaban J connectivity index is 2.07. The van der Waals surface area contributed by atoms with E-state index in [1.165, 1.54) is 16.7 Å². The summed E-state index contributed by atoms with van der Waals surface area (Å²) in [5.74, 6) is 2.67. The van der Waals surface area contributed by atoms with Crippen molar-refractivity contribution in [3.63, 3.8) is 0 Å². The third-order valence-electron chi connectivity index (χ3n) is 4.32. The van der Waals surface area contributed by atoms with E-state index in [1.54, 1.807) is 4.68 Å². The number of nitrogens with zero attached hydrogens (tertiary/aromatic N) is 2. The molecule has 2 aromatic rings. The number of aromatic nitrogens is 2. The zero-order chi connectivity index (χ0) is 13.9. The highest BCUT2D eigenvalue weighted by Gasteiger charge is 2.31. The first-order valence-electron chi connectivity index (χ1n) is 6.90. The molecule has 2 aliphatic heterocycles. The quantitative estimate of drug-likeness (QED) is 0.859. The van der Waals surface area contributed by atoms with Crippen LogP contribution in [0.5, 0.6) is 11.5 Å². The minimum Gasteiger partial charge on any atom is -0.493 e. The van der Waals surface area contributed by atoms with Crippen molar-refractivity contribution in [2.24, 2.45) is 7.05 Å². The number of benzene rings is 1. The van der Waals surface area contributed by atoms with Crippen molar-refractivity contribution < 1.29 is 9.47 Å². The number of hydrogen-bond acceptors (Lipinski definition) is 4. The molecular formula is C15H17N3O2. The molecule has 0 atom stereocenters. The number of rotatable bonds is 1. The number of hydrogen-bond donors (Lipinski definition) is 1. The summed E-state index contributed by atoms with van der Waals surface area (Å²) in [4.78, 5) is 0. The number of anilines is 1. The van der Waals surface area contributed by atoms with E-state index >= 15 is 0 Å². The number of nitrogen functional groups attached to an aromatic ring is 1. The minimum absolute atomic E-state index is 0.667. The summed E-state index contributed by atoms with van der Waals surface area (Å²) >= 11 is 0. The van der Waals surface area contributed by atoms with Gasteiger partial charge in [-0.1, -0.05) is 0 Å². The first-order chi connectivity index (χ1) is 9.68. The van der Waals surface area contributed by atoms with Crippen LogP contribution >= 0.6 is 0 Å². The predicted molar refractivity (Wildman–Crippen MR) is 76.2 cm³/mol. The summed E-state index contributed by atoms with van der Waals surface area (Å²) in [6, 6.07) is 0. The number of ether oxygens (including phenoxy) is 2. The minimum atomic E-state index is 0.667. The summed E-state index contributed by atoms with van der Waals surface area (Å²) in [6.07, 6.45) is 3.65. The second-order valence-corrected chi connectivity index (χ2v) is 5.38. The van der Waals surface area contributed by atoms with Crippen molar-refractivity contribution >= 4 is 5.82 Å². The van der Waals surface area contributed by atoms with E-state index in [9.17, 15) is 0 Å². The fourth-order valence-electron chi connectivity index (χ4n) is 3.26. The molecule has 0 fully saturated rings. The van der Waals surface area contributed by atoms with E-state index in [0.717, 1.165) is 48.7 Å². The van der Waals surface area contributed by atoms with E-state index in [0.29, 0.717) is 5.82 Å². The third kappa shape index (κ3) is 1.35. The molecule has 20 heavy (non-hydrogen) atoms. The monoisotopic (exact) mass is 271 g/mol. The van der Waals surface area contributed by atoms with Crippen LogP contribution in [0.3, 0.4) is 0 Å². The summed E-state index contributed by atoms with van der Waals surface area (Å²) in [5.41, 5.74) is 11.9. The van der Waals surface area contributed by atoms with Crippen LogP contribution in [-0.2, 0) is 19.9 Å². The lowest BCUT2D eigenvalue weighted by atomic mass is 9.92. The van der Waals surface area contributed by atoms with Crippen molar-refractivity contribution in [1.29, 1.82) is 0 Å². The summed E-state index contributed by atoms with van der Waals surface area (Å²) in [6.45, 7) is 3.58. The van der Waals surface area contributed by atoms with Crippen molar-refractivity contribution in [2.75, 3.05) is 18.9 Å². The predicted octanol–water partition coefficient (Wildman–Crippen LogP) is 1.85. The fourth-order valence-corrected chi connectivity index (χ4v) is 3.26. The number of nitrogens with two attached hydrogens (primary N) is 1. The molecule has 3 heterocycles. The molecule has 0 amide bonds.